The summed E-state index contributed by atoms with van der Waals surface area (Å²) in [5, 5.41) is 3.15. The molecule has 0 saturated heterocycles. The summed E-state index contributed by atoms with van der Waals surface area (Å²) in [6.45, 7) is 10.0. The summed E-state index contributed by atoms with van der Waals surface area (Å²) in [5.74, 6) is 0. The second kappa shape index (κ2) is 5.36. The van der Waals surface area contributed by atoms with Crippen molar-refractivity contribution in [3.8, 4) is 0 Å². The standard InChI is InChI=1S/C13H24N2/c1-12(7-9-14-4)15-10-6-5-8-13(2,3)11-15/h5-7,14H,8-11H2,1-4H3/b12-7+. The Kier molecular flexibility index (Phi) is 4.40. The van der Waals surface area contributed by atoms with Gasteiger partial charge in [0.15, 0.2) is 0 Å². The van der Waals surface area contributed by atoms with E-state index in [0.29, 0.717) is 5.41 Å². The second-order valence-corrected chi connectivity index (χ2v) is 5.12. The van der Waals surface area contributed by atoms with Gasteiger partial charge in [0.25, 0.3) is 0 Å². The van der Waals surface area contributed by atoms with Gasteiger partial charge in [0, 0.05) is 25.3 Å². The monoisotopic (exact) mass is 208 g/mol. The lowest BCUT2D eigenvalue weighted by atomic mass is 9.89. The van der Waals surface area contributed by atoms with Crippen LogP contribution in [0.2, 0.25) is 0 Å². The Balaban J connectivity index is 2.64. The fourth-order valence-electron chi connectivity index (χ4n) is 1.90. The lowest BCUT2D eigenvalue weighted by Crippen LogP contribution is -2.32. The number of hydrogen-bond donors (Lipinski definition) is 1. The molecule has 15 heavy (non-hydrogen) atoms. The summed E-state index contributed by atoms with van der Waals surface area (Å²) in [5.41, 5.74) is 1.77. The molecule has 0 spiro atoms. The summed E-state index contributed by atoms with van der Waals surface area (Å²) in [4.78, 5) is 2.46. The third-order valence-electron chi connectivity index (χ3n) is 2.88. The van der Waals surface area contributed by atoms with Crippen LogP contribution >= 0.6 is 0 Å². The van der Waals surface area contributed by atoms with Gasteiger partial charge in [-0.25, -0.2) is 0 Å². The van der Waals surface area contributed by atoms with Crippen LogP contribution in [-0.4, -0.2) is 31.6 Å². The summed E-state index contributed by atoms with van der Waals surface area (Å²) < 4.78 is 0. The number of nitrogens with zero attached hydrogens (tertiary/aromatic N) is 1. The van der Waals surface area contributed by atoms with Crippen molar-refractivity contribution in [2.45, 2.75) is 27.2 Å². The Bertz CT molecular complexity index is 251. The molecule has 0 bridgehead atoms. The van der Waals surface area contributed by atoms with Gasteiger partial charge in [-0.05, 0) is 25.8 Å². The minimum atomic E-state index is 0.391. The number of rotatable bonds is 3. The summed E-state index contributed by atoms with van der Waals surface area (Å²) in [7, 11) is 1.98. The van der Waals surface area contributed by atoms with Crippen LogP contribution in [0.3, 0.4) is 0 Å². The van der Waals surface area contributed by atoms with Crippen LogP contribution in [0.25, 0.3) is 0 Å². The maximum atomic E-state index is 3.15. The van der Waals surface area contributed by atoms with Gasteiger partial charge in [-0.3, -0.25) is 0 Å². The maximum absolute atomic E-state index is 3.15. The molecule has 0 aromatic heterocycles. The third kappa shape index (κ3) is 4.08. The first-order chi connectivity index (χ1) is 7.05. The van der Waals surface area contributed by atoms with Gasteiger partial charge >= 0.3 is 0 Å². The Labute approximate surface area is 94.0 Å². The topological polar surface area (TPSA) is 15.3 Å². The van der Waals surface area contributed by atoms with Crippen molar-refractivity contribution in [2.24, 2.45) is 5.41 Å². The maximum Gasteiger partial charge on any atom is 0.0356 e. The molecule has 0 aromatic rings. The van der Waals surface area contributed by atoms with Crippen LogP contribution in [0.4, 0.5) is 0 Å². The van der Waals surface area contributed by atoms with E-state index in [1.807, 2.05) is 7.05 Å². The van der Waals surface area contributed by atoms with Crippen molar-refractivity contribution in [3.05, 3.63) is 23.9 Å². The largest absolute Gasteiger partial charge is 0.371 e. The van der Waals surface area contributed by atoms with Crippen LogP contribution in [0.1, 0.15) is 27.2 Å². The molecule has 0 aromatic carbocycles. The summed E-state index contributed by atoms with van der Waals surface area (Å²) >= 11 is 0. The molecule has 1 aliphatic heterocycles. The van der Waals surface area contributed by atoms with E-state index in [0.717, 1.165) is 19.6 Å². The fourth-order valence-corrected chi connectivity index (χ4v) is 1.90. The molecule has 0 fully saturated rings. The van der Waals surface area contributed by atoms with Crippen molar-refractivity contribution in [3.63, 3.8) is 0 Å². The highest BCUT2D eigenvalue weighted by molar-refractivity contribution is 5.05. The van der Waals surface area contributed by atoms with Gasteiger partial charge in [0.05, 0.1) is 0 Å². The Hall–Kier alpha value is -0.760. The molecule has 0 amide bonds. The lowest BCUT2D eigenvalue weighted by Gasteiger charge is -2.31. The minimum Gasteiger partial charge on any atom is -0.371 e. The molecule has 0 saturated carbocycles. The predicted octanol–water partition coefficient (Wildman–Crippen LogP) is 2.40. The average Bonchev–Trinajstić information content (AvgIpc) is 2.35. The number of nitrogens with one attached hydrogen (secondary N) is 1. The summed E-state index contributed by atoms with van der Waals surface area (Å²) in [6.07, 6.45) is 8.04. The first-order valence-electron chi connectivity index (χ1n) is 5.76. The van der Waals surface area contributed by atoms with E-state index >= 15 is 0 Å². The van der Waals surface area contributed by atoms with Crippen LogP contribution in [0.5, 0.6) is 0 Å². The molecule has 1 N–H and O–H groups in total. The van der Waals surface area contributed by atoms with Gasteiger partial charge in [0.1, 0.15) is 0 Å². The zero-order valence-corrected chi connectivity index (χ0v) is 10.5. The zero-order valence-electron chi connectivity index (χ0n) is 10.5. The highest BCUT2D eigenvalue weighted by atomic mass is 15.1. The van der Waals surface area contributed by atoms with Gasteiger partial charge in [-0.2, -0.15) is 0 Å². The molecule has 0 unspecified atom stereocenters. The molecule has 1 aliphatic rings. The average molecular weight is 208 g/mol. The minimum absolute atomic E-state index is 0.391. The van der Waals surface area contributed by atoms with Crippen LogP contribution in [-0.2, 0) is 0 Å². The van der Waals surface area contributed by atoms with Crippen LogP contribution in [0.15, 0.2) is 23.9 Å². The number of likely N-dealkylation sites (N-methyl/N-ethyl adjacent to an activating group) is 1. The first kappa shape index (κ1) is 12.3. The van der Waals surface area contributed by atoms with E-state index in [1.165, 1.54) is 12.1 Å². The molecule has 2 nitrogen and oxygen atoms in total. The highest BCUT2D eigenvalue weighted by Crippen LogP contribution is 2.26. The van der Waals surface area contributed by atoms with Crippen molar-refractivity contribution >= 4 is 0 Å². The molecule has 86 valence electrons. The number of hydrogen-bond acceptors (Lipinski definition) is 2. The van der Waals surface area contributed by atoms with E-state index in [1.54, 1.807) is 0 Å². The van der Waals surface area contributed by atoms with E-state index in [4.69, 9.17) is 0 Å². The van der Waals surface area contributed by atoms with Crippen LogP contribution in [0, 0.1) is 5.41 Å². The quantitative estimate of drug-likeness (QED) is 0.716. The highest BCUT2D eigenvalue weighted by Gasteiger charge is 2.22. The lowest BCUT2D eigenvalue weighted by molar-refractivity contribution is 0.241. The molecule has 0 radical (unpaired) electrons. The van der Waals surface area contributed by atoms with Crippen molar-refractivity contribution in [1.29, 1.82) is 0 Å². The number of allylic oxidation sites excluding steroid dienone is 2. The third-order valence-corrected chi connectivity index (χ3v) is 2.88. The molecule has 0 aliphatic carbocycles. The Morgan fingerprint density at radius 1 is 1.47 bits per heavy atom. The van der Waals surface area contributed by atoms with E-state index < -0.39 is 0 Å². The summed E-state index contributed by atoms with van der Waals surface area (Å²) in [6, 6.07) is 0. The molecular formula is C13H24N2. The first-order valence-corrected chi connectivity index (χ1v) is 5.76. The van der Waals surface area contributed by atoms with Crippen LogP contribution < -0.4 is 5.32 Å². The van der Waals surface area contributed by atoms with Gasteiger partial charge in [0.2, 0.25) is 0 Å². The van der Waals surface area contributed by atoms with E-state index in [2.05, 4.69) is 49.2 Å². The van der Waals surface area contributed by atoms with Gasteiger partial charge in [-0.15, -0.1) is 0 Å². The fraction of sp³-hybridized carbons (Fsp3) is 0.692. The Morgan fingerprint density at radius 3 is 2.87 bits per heavy atom. The van der Waals surface area contributed by atoms with Crippen molar-refractivity contribution in [1.82, 2.24) is 10.2 Å². The second-order valence-electron chi connectivity index (χ2n) is 5.12. The zero-order chi connectivity index (χ0) is 11.3. The molecule has 1 heterocycles. The van der Waals surface area contributed by atoms with Gasteiger partial charge < -0.3 is 10.2 Å². The molecule has 0 atom stereocenters. The van der Waals surface area contributed by atoms with Gasteiger partial charge in [-0.1, -0.05) is 32.1 Å². The smallest absolute Gasteiger partial charge is 0.0356 e. The predicted molar refractivity (Wildman–Crippen MR) is 66.8 cm³/mol. The van der Waals surface area contributed by atoms with Crippen molar-refractivity contribution in [2.75, 3.05) is 26.7 Å². The molecular weight excluding hydrogens is 184 g/mol. The molecule has 2 heteroatoms. The molecule has 1 rings (SSSR count). The van der Waals surface area contributed by atoms with Crippen molar-refractivity contribution < 1.29 is 0 Å². The van der Waals surface area contributed by atoms with E-state index in [-0.39, 0.29) is 0 Å². The SMILES string of the molecule is CNC/C=C(\C)N1CC=CCC(C)(C)C1. The normalized spacial score (nSPS) is 21.6. The van der Waals surface area contributed by atoms with E-state index in [9.17, 15) is 0 Å². The Morgan fingerprint density at radius 2 is 2.20 bits per heavy atom.